The SMILES string of the molecule is C=CCSc1ncnc2c1c(Br)cn2[C@H]1O[C@@H](CO)[C@@H](O)[C@H]1O. The Labute approximate surface area is 145 Å². The van der Waals surface area contributed by atoms with E-state index in [4.69, 9.17) is 4.74 Å². The first-order valence-corrected chi connectivity index (χ1v) is 8.73. The topological polar surface area (TPSA) is 101 Å². The Hall–Kier alpha value is -0.970. The Morgan fingerprint density at radius 1 is 1.39 bits per heavy atom. The molecular formula is C14H16BrN3O4S. The summed E-state index contributed by atoms with van der Waals surface area (Å²) in [6, 6.07) is 0. The third-order valence-electron chi connectivity index (χ3n) is 3.66. The van der Waals surface area contributed by atoms with Gasteiger partial charge in [-0.25, -0.2) is 9.97 Å². The Bertz CT molecular complexity index is 725. The van der Waals surface area contributed by atoms with Crippen LogP contribution in [0, 0.1) is 0 Å². The van der Waals surface area contributed by atoms with Crippen LogP contribution in [0.2, 0.25) is 0 Å². The van der Waals surface area contributed by atoms with E-state index in [2.05, 4.69) is 32.5 Å². The summed E-state index contributed by atoms with van der Waals surface area (Å²) < 4.78 is 7.98. The van der Waals surface area contributed by atoms with Gasteiger partial charge in [-0.05, 0) is 15.9 Å². The lowest BCUT2D eigenvalue weighted by Gasteiger charge is -2.17. The van der Waals surface area contributed by atoms with Crippen LogP contribution in [0.25, 0.3) is 11.0 Å². The van der Waals surface area contributed by atoms with E-state index < -0.39 is 24.5 Å². The Morgan fingerprint density at radius 2 is 2.17 bits per heavy atom. The molecule has 1 aliphatic heterocycles. The molecule has 0 amide bonds. The molecule has 1 fully saturated rings. The van der Waals surface area contributed by atoms with Gasteiger partial charge in [0.15, 0.2) is 6.23 Å². The van der Waals surface area contributed by atoms with Gasteiger partial charge in [0, 0.05) is 16.4 Å². The van der Waals surface area contributed by atoms with Gasteiger partial charge in [0.25, 0.3) is 0 Å². The molecule has 1 aliphatic rings. The zero-order valence-electron chi connectivity index (χ0n) is 12.0. The largest absolute Gasteiger partial charge is 0.394 e. The van der Waals surface area contributed by atoms with Crippen molar-refractivity contribution in [2.24, 2.45) is 0 Å². The van der Waals surface area contributed by atoms with Gasteiger partial charge in [-0.15, -0.1) is 18.3 Å². The second kappa shape index (κ2) is 6.88. The normalized spacial score (nSPS) is 27.7. The molecule has 0 saturated carbocycles. The fourth-order valence-electron chi connectivity index (χ4n) is 2.56. The fraction of sp³-hybridized carbons (Fsp3) is 0.429. The lowest BCUT2D eigenvalue weighted by atomic mass is 10.1. The summed E-state index contributed by atoms with van der Waals surface area (Å²) in [5.74, 6) is 0.706. The second-order valence-corrected chi connectivity index (χ2v) is 6.95. The molecule has 0 bridgehead atoms. The average molecular weight is 402 g/mol. The predicted octanol–water partition coefficient (Wildman–Crippen LogP) is 1.08. The molecule has 3 heterocycles. The van der Waals surface area contributed by atoms with E-state index in [9.17, 15) is 15.3 Å². The summed E-state index contributed by atoms with van der Waals surface area (Å²) in [6.07, 6.45) is 0.989. The van der Waals surface area contributed by atoms with Crippen LogP contribution in [0.15, 0.2) is 34.7 Å². The van der Waals surface area contributed by atoms with E-state index in [1.165, 1.54) is 18.1 Å². The molecule has 0 spiro atoms. The number of aliphatic hydroxyl groups is 3. The van der Waals surface area contributed by atoms with Gasteiger partial charge >= 0.3 is 0 Å². The summed E-state index contributed by atoms with van der Waals surface area (Å²) in [6.45, 7) is 3.33. The number of halogens is 1. The van der Waals surface area contributed by atoms with Crippen LogP contribution >= 0.6 is 27.7 Å². The smallest absolute Gasteiger partial charge is 0.164 e. The summed E-state index contributed by atoms with van der Waals surface area (Å²) in [5, 5.41) is 31.0. The molecule has 2 aromatic rings. The minimum atomic E-state index is -1.16. The summed E-state index contributed by atoms with van der Waals surface area (Å²) in [5.41, 5.74) is 0.577. The number of hydrogen-bond acceptors (Lipinski definition) is 7. The first-order valence-electron chi connectivity index (χ1n) is 6.95. The van der Waals surface area contributed by atoms with Crippen LogP contribution in [0.5, 0.6) is 0 Å². The monoisotopic (exact) mass is 401 g/mol. The van der Waals surface area contributed by atoms with Crippen molar-refractivity contribution in [2.75, 3.05) is 12.4 Å². The Morgan fingerprint density at radius 3 is 2.83 bits per heavy atom. The van der Waals surface area contributed by atoms with Crippen LogP contribution in [0.3, 0.4) is 0 Å². The first-order chi connectivity index (χ1) is 11.1. The van der Waals surface area contributed by atoms with Crippen LogP contribution in [0.1, 0.15) is 6.23 Å². The molecule has 124 valence electrons. The minimum absolute atomic E-state index is 0.371. The van der Waals surface area contributed by atoms with Crippen molar-refractivity contribution in [3.63, 3.8) is 0 Å². The van der Waals surface area contributed by atoms with E-state index in [-0.39, 0.29) is 6.61 Å². The second-order valence-electron chi connectivity index (χ2n) is 5.09. The highest BCUT2D eigenvalue weighted by Gasteiger charge is 2.44. The quantitative estimate of drug-likeness (QED) is 0.391. The van der Waals surface area contributed by atoms with Crippen molar-refractivity contribution in [3.05, 3.63) is 29.7 Å². The molecule has 3 N–H and O–H groups in total. The molecule has 23 heavy (non-hydrogen) atoms. The molecule has 0 aliphatic carbocycles. The Kier molecular flexibility index (Phi) is 5.04. The van der Waals surface area contributed by atoms with Gasteiger partial charge in [-0.1, -0.05) is 6.08 Å². The molecule has 0 aromatic carbocycles. The minimum Gasteiger partial charge on any atom is -0.394 e. The van der Waals surface area contributed by atoms with Crippen molar-refractivity contribution < 1.29 is 20.1 Å². The molecule has 9 heteroatoms. The number of thioether (sulfide) groups is 1. The number of ether oxygens (including phenoxy) is 1. The summed E-state index contributed by atoms with van der Waals surface area (Å²) >= 11 is 5.01. The number of hydrogen-bond donors (Lipinski definition) is 3. The van der Waals surface area contributed by atoms with Crippen molar-refractivity contribution in [1.82, 2.24) is 14.5 Å². The van der Waals surface area contributed by atoms with Crippen molar-refractivity contribution in [1.29, 1.82) is 0 Å². The molecule has 0 radical (unpaired) electrons. The number of fused-ring (bicyclic) bond motifs is 1. The third-order valence-corrected chi connectivity index (χ3v) is 5.24. The van der Waals surface area contributed by atoms with Crippen molar-refractivity contribution in [2.45, 2.75) is 29.6 Å². The van der Waals surface area contributed by atoms with Crippen molar-refractivity contribution in [3.8, 4) is 0 Å². The van der Waals surface area contributed by atoms with Crippen LogP contribution < -0.4 is 0 Å². The van der Waals surface area contributed by atoms with Crippen molar-refractivity contribution >= 4 is 38.7 Å². The van der Waals surface area contributed by atoms with E-state index in [0.717, 1.165) is 14.9 Å². The highest BCUT2D eigenvalue weighted by atomic mass is 79.9. The van der Waals surface area contributed by atoms with Crippen LogP contribution in [0.4, 0.5) is 0 Å². The molecule has 2 aromatic heterocycles. The maximum absolute atomic E-state index is 10.2. The third kappa shape index (κ3) is 2.92. The maximum atomic E-state index is 10.2. The van der Waals surface area contributed by atoms with E-state index in [1.807, 2.05) is 0 Å². The molecule has 4 atom stereocenters. The first kappa shape index (κ1) is 16.9. The standard InChI is InChI=1S/C14H16BrN3O4S/c1-2-3-23-13-9-7(15)4-18(12(9)16-6-17-13)14-11(21)10(20)8(5-19)22-14/h2,4,6,8,10-11,14,19-21H,1,3,5H2/t8-,10+,11+,14-/m0/s1. The molecule has 1 saturated heterocycles. The van der Waals surface area contributed by atoms with Gasteiger partial charge < -0.3 is 24.6 Å². The van der Waals surface area contributed by atoms with Gasteiger partial charge in [-0.3, -0.25) is 0 Å². The van der Waals surface area contributed by atoms with E-state index in [0.29, 0.717) is 11.4 Å². The highest BCUT2D eigenvalue weighted by molar-refractivity contribution is 9.10. The van der Waals surface area contributed by atoms with Gasteiger partial charge in [-0.2, -0.15) is 0 Å². The van der Waals surface area contributed by atoms with E-state index in [1.54, 1.807) is 16.8 Å². The van der Waals surface area contributed by atoms with Crippen LogP contribution in [-0.2, 0) is 4.74 Å². The van der Waals surface area contributed by atoms with Crippen LogP contribution in [-0.4, -0.2) is 60.5 Å². The highest BCUT2D eigenvalue weighted by Crippen LogP contribution is 2.37. The number of aliphatic hydroxyl groups excluding tert-OH is 3. The van der Waals surface area contributed by atoms with Gasteiger partial charge in [0.2, 0.25) is 0 Å². The van der Waals surface area contributed by atoms with Gasteiger partial charge in [0.1, 0.15) is 35.3 Å². The zero-order valence-corrected chi connectivity index (χ0v) is 14.4. The van der Waals surface area contributed by atoms with Gasteiger partial charge in [0.05, 0.1) is 12.0 Å². The fourth-order valence-corrected chi connectivity index (χ4v) is 4.02. The summed E-state index contributed by atoms with van der Waals surface area (Å²) in [7, 11) is 0. The average Bonchev–Trinajstić information content (AvgIpc) is 3.04. The number of rotatable bonds is 5. The summed E-state index contributed by atoms with van der Waals surface area (Å²) in [4.78, 5) is 8.55. The Balaban J connectivity index is 2.04. The lowest BCUT2D eigenvalue weighted by Crippen LogP contribution is -2.33. The molecule has 0 unspecified atom stereocenters. The molecular weight excluding hydrogens is 386 g/mol. The zero-order chi connectivity index (χ0) is 16.6. The van der Waals surface area contributed by atoms with E-state index >= 15 is 0 Å². The lowest BCUT2D eigenvalue weighted by molar-refractivity contribution is -0.0509. The predicted molar refractivity (Wildman–Crippen MR) is 89.2 cm³/mol. The number of aromatic nitrogens is 3. The maximum Gasteiger partial charge on any atom is 0.164 e. The number of nitrogens with zero attached hydrogens (tertiary/aromatic N) is 3. The molecule has 3 rings (SSSR count). The molecule has 7 nitrogen and oxygen atoms in total.